The minimum absolute atomic E-state index is 0.00439. The molecule has 1 fully saturated rings. The Hall–Kier alpha value is -2.11. The van der Waals surface area contributed by atoms with Gasteiger partial charge in [0.2, 0.25) is 0 Å². The second-order valence-corrected chi connectivity index (χ2v) is 8.19. The van der Waals surface area contributed by atoms with Gasteiger partial charge in [0.1, 0.15) is 5.69 Å². The number of ketones is 1. The number of aromatic amines is 1. The summed E-state index contributed by atoms with van der Waals surface area (Å²) < 4.78 is 0. The van der Waals surface area contributed by atoms with Crippen molar-refractivity contribution in [2.45, 2.75) is 39.2 Å². The molecule has 0 bridgehead atoms. The van der Waals surface area contributed by atoms with Crippen LogP contribution >= 0.6 is 11.6 Å². The first-order chi connectivity index (χ1) is 13.5. The van der Waals surface area contributed by atoms with Gasteiger partial charge in [-0.05, 0) is 43.9 Å². The van der Waals surface area contributed by atoms with E-state index in [9.17, 15) is 9.59 Å². The van der Waals surface area contributed by atoms with Crippen LogP contribution in [0.25, 0.3) is 0 Å². The molecule has 1 atom stereocenters. The monoisotopic (exact) mass is 399 g/mol. The Morgan fingerprint density at radius 1 is 1.14 bits per heavy atom. The first-order valence-corrected chi connectivity index (χ1v) is 10.4. The molecule has 1 amide bonds. The predicted octanol–water partition coefficient (Wildman–Crippen LogP) is 4.01. The quantitative estimate of drug-likeness (QED) is 0.848. The van der Waals surface area contributed by atoms with E-state index in [0.717, 1.165) is 53.3 Å². The second-order valence-electron chi connectivity index (χ2n) is 7.78. The first kappa shape index (κ1) is 19.2. The molecule has 4 rings (SSSR count). The van der Waals surface area contributed by atoms with Gasteiger partial charge < -0.3 is 9.88 Å². The first-order valence-electron chi connectivity index (χ1n) is 9.99. The van der Waals surface area contributed by atoms with Gasteiger partial charge in [0.25, 0.3) is 5.91 Å². The van der Waals surface area contributed by atoms with Crippen LogP contribution in [-0.2, 0) is 6.42 Å². The zero-order valence-corrected chi connectivity index (χ0v) is 17.2. The third-order valence-corrected chi connectivity index (χ3v) is 6.50. The molecule has 0 spiro atoms. The topological polar surface area (TPSA) is 56.4 Å². The van der Waals surface area contributed by atoms with Gasteiger partial charge in [-0.3, -0.25) is 14.5 Å². The Bertz CT molecular complexity index is 913. The number of fused-ring (bicyclic) bond motifs is 1. The minimum Gasteiger partial charge on any atom is -0.354 e. The van der Waals surface area contributed by atoms with Crippen molar-refractivity contribution < 1.29 is 9.59 Å². The standard InChI is InChI=1S/C22H26ClN3O2/c1-14-20-18(8-5-9-19(20)27)24-21(14)22(28)26-12-10-25(11-13-26)15(2)16-6-3-4-7-17(16)23/h3-4,6-7,15,24H,5,8-13H2,1-2H3. The molecule has 1 aliphatic carbocycles. The number of rotatable bonds is 3. The number of amides is 1. The molecule has 28 heavy (non-hydrogen) atoms. The van der Waals surface area contributed by atoms with E-state index in [1.54, 1.807) is 0 Å². The van der Waals surface area contributed by atoms with Crippen LogP contribution in [0.2, 0.25) is 5.02 Å². The number of benzene rings is 1. The average molecular weight is 400 g/mol. The number of hydrogen-bond donors (Lipinski definition) is 1. The van der Waals surface area contributed by atoms with Crippen LogP contribution in [0.1, 0.15) is 63.5 Å². The fourth-order valence-corrected chi connectivity index (χ4v) is 4.76. The number of carbonyl (C=O) groups excluding carboxylic acids is 2. The van der Waals surface area contributed by atoms with Crippen molar-refractivity contribution in [3.8, 4) is 0 Å². The number of carbonyl (C=O) groups is 2. The van der Waals surface area contributed by atoms with E-state index in [-0.39, 0.29) is 17.7 Å². The lowest BCUT2D eigenvalue weighted by molar-refractivity contribution is 0.0576. The SMILES string of the molecule is Cc1c(C(=O)N2CCN(C(C)c3ccccc3Cl)CC2)[nH]c2c1C(=O)CCC2. The van der Waals surface area contributed by atoms with Crippen molar-refractivity contribution >= 4 is 23.3 Å². The Kier molecular flexibility index (Phi) is 5.30. The molecule has 148 valence electrons. The zero-order chi connectivity index (χ0) is 19.8. The van der Waals surface area contributed by atoms with E-state index >= 15 is 0 Å². The summed E-state index contributed by atoms with van der Waals surface area (Å²) in [7, 11) is 0. The maximum Gasteiger partial charge on any atom is 0.270 e. The van der Waals surface area contributed by atoms with Crippen molar-refractivity contribution in [3.05, 3.63) is 57.4 Å². The largest absolute Gasteiger partial charge is 0.354 e. The van der Waals surface area contributed by atoms with Gasteiger partial charge in [-0.25, -0.2) is 0 Å². The van der Waals surface area contributed by atoms with Crippen molar-refractivity contribution in [1.29, 1.82) is 0 Å². The number of nitrogens with zero attached hydrogens (tertiary/aromatic N) is 2. The molecule has 5 nitrogen and oxygen atoms in total. The number of piperazine rings is 1. The molecule has 6 heteroatoms. The third kappa shape index (κ3) is 3.38. The molecule has 1 N–H and O–H groups in total. The molecule has 1 aliphatic heterocycles. The smallest absolute Gasteiger partial charge is 0.270 e. The van der Waals surface area contributed by atoms with Gasteiger partial charge >= 0.3 is 0 Å². The maximum absolute atomic E-state index is 13.1. The van der Waals surface area contributed by atoms with E-state index in [2.05, 4.69) is 22.9 Å². The predicted molar refractivity (Wildman–Crippen MR) is 110 cm³/mol. The Morgan fingerprint density at radius 3 is 2.54 bits per heavy atom. The van der Waals surface area contributed by atoms with Gasteiger partial charge in [0.15, 0.2) is 5.78 Å². The van der Waals surface area contributed by atoms with Crippen LogP contribution in [0.15, 0.2) is 24.3 Å². The Balaban J connectivity index is 1.45. The van der Waals surface area contributed by atoms with Crippen LogP contribution in [0, 0.1) is 6.92 Å². The molecule has 1 unspecified atom stereocenters. The summed E-state index contributed by atoms with van der Waals surface area (Å²) in [5.41, 5.74) is 4.21. The molecule has 1 aromatic carbocycles. The normalized spacial score (nSPS) is 18.8. The summed E-state index contributed by atoms with van der Waals surface area (Å²) >= 11 is 6.35. The van der Waals surface area contributed by atoms with Crippen molar-refractivity contribution in [1.82, 2.24) is 14.8 Å². The van der Waals surface area contributed by atoms with Crippen molar-refractivity contribution in [2.24, 2.45) is 0 Å². The molecule has 1 aromatic heterocycles. The van der Waals surface area contributed by atoms with Gasteiger partial charge in [-0.2, -0.15) is 0 Å². The molecule has 0 radical (unpaired) electrons. The molecule has 1 saturated heterocycles. The summed E-state index contributed by atoms with van der Waals surface area (Å²) in [6.07, 6.45) is 2.29. The third-order valence-electron chi connectivity index (χ3n) is 6.16. The lowest BCUT2D eigenvalue weighted by atomic mass is 9.93. The Labute approximate surface area is 170 Å². The highest BCUT2D eigenvalue weighted by Gasteiger charge is 2.31. The van der Waals surface area contributed by atoms with E-state index in [1.165, 1.54) is 0 Å². The van der Waals surface area contributed by atoms with E-state index in [1.807, 2.05) is 30.0 Å². The lowest BCUT2D eigenvalue weighted by Gasteiger charge is -2.38. The fraction of sp³-hybridized carbons (Fsp3) is 0.455. The molecule has 2 aliphatic rings. The second kappa shape index (κ2) is 7.72. The van der Waals surface area contributed by atoms with Crippen LogP contribution in [0.4, 0.5) is 0 Å². The van der Waals surface area contributed by atoms with Crippen molar-refractivity contribution in [2.75, 3.05) is 26.2 Å². The summed E-state index contributed by atoms with van der Waals surface area (Å²) in [5.74, 6) is 0.164. The number of H-pyrrole nitrogens is 1. The molecule has 2 aromatic rings. The minimum atomic E-state index is 0.00439. The highest BCUT2D eigenvalue weighted by molar-refractivity contribution is 6.31. The van der Waals surface area contributed by atoms with Crippen LogP contribution in [-0.4, -0.2) is 52.7 Å². The number of hydrogen-bond acceptors (Lipinski definition) is 3. The summed E-state index contributed by atoms with van der Waals surface area (Å²) in [6.45, 7) is 7.00. The fourth-order valence-electron chi connectivity index (χ4n) is 4.47. The highest BCUT2D eigenvalue weighted by Crippen LogP contribution is 2.29. The van der Waals surface area contributed by atoms with E-state index in [0.29, 0.717) is 25.2 Å². The molecular weight excluding hydrogens is 374 g/mol. The van der Waals surface area contributed by atoms with Gasteiger partial charge in [-0.15, -0.1) is 0 Å². The molecule has 0 saturated carbocycles. The highest BCUT2D eigenvalue weighted by atomic mass is 35.5. The number of nitrogens with one attached hydrogen (secondary N) is 1. The summed E-state index contributed by atoms with van der Waals surface area (Å²) in [5, 5.41) is 0.783. The molecule has 2 heterocycles. The van der Waals surface area contributed by atoms with Crippen LogP contribution < -0.4 is 0 Å². The summed E-state index contributed by atoms with van der Waals surface area (Å²) in [6, 6.07) is 8.15. The van der Waals surface area contributed by atoms with Gasteiger partial charge in [-0.1, -0.05) is 29.8 Å². The zero-order valence-electron chi connectivity index (χ0n) is 16.4. The number of aryl methyl sites for hydroxylation is 1. The lowest BCUT2D eigenvalue weighted by Crippen LogP contribution is -2.49. The number of aromatic nitrogens is 1. The molecular formula is C22H26ClN3O2. The van der Waals surface area contributed by atoms with Crippen LogP contribution in [0.3, 0.4) is 0 Å². The van der Waals surface area contributed by atoms with E-state index < -0.39 is 0 Å². The van der Waals surface area contributed by atoms with Crippen LogP contribution in [0.5, 0.6) is 0 Å². The van der Waals surface area contributed by atoms with E-state index in [4.69, 9.17) is 11.6 Å². The maximum atomic E-state index is 13.1. The average Bonchev–Trinajstić information content (AvgIpc) is 3.05. The summed E-state index contributed by atoms with van der Waals surface area (Å²) in [4.78, 5) is 32.8. The van der Waals surface area contributed by atoms with Gasteiger partial charge in [0.05, 0.1) is 0 Å². The number of Topliss-reactive ketones (excluding diaryl/α,β-unsaturated/α-hetero) is 1. The number of halogens is 1. The Morgan fingerprint density at radius 2 is 1.86 bits per heavy atom. The van der Waals surface area contributed by atoms with Gasteiger partial charge in [0, 0.05) is 54.9 Å². The van der Waals surface area contributed by atoms with Crippen molar-refractivity contribution in [3.63, 3.8) is 0 Å².